The van der Waals surface area contributed by atoms with E-state index < -0.39 is 60.1 Å². The van der Waals surface area contributed by atoms with Crippen molar-refractivity contribution in [3.8, 4) is 61.7 Å². The number of ether oxygens (including phenoxy) is 1. The van der Waals surface area contributed by atoms with E-state index in [1.54, 1.807) is 24.3 Å². The molecule has 0 amide bonds. The van der Waals surface area contributed by atoms with Crippen LogP contribution in [0.2, 0.25) is 0 Å². The summed E-state index contributed by atoms with van der Waals surface area (Å²) < 4.78 is 4.66. The predicted octanol–water partition coefficient (Wildman–Crippen LogP) is -0.327. The molecule has 15 N–H and O–H groups in total. The van der Waals surface area contributed by atoms with E-state index in [2.05, 4.69) is 34.3 Å². The fraction of sp³-hybridized carbons (Fsp3) is 0.325. The van der Waals surface area contributed by atoms with Crippen LogP contribution < -0.4 is 28.7 Å². The number of terminal acetylenes is 5. The maximum atomic E-state index is 10.5. The smallest absolute Gasteiger partial charge is 0.322 e. The topological polar surface area (TPSA) is 326 Å². The highest BCUT2D eigenvalue weighted by Crippen LogP contribution is 2.07. The molecule has 2 rings (SSSR count). The van der Waals surface area contributed by atoms with Crippen molar-refractivity contribution in [2.45, 2.75) is 55.9 Å². The van der Waals surface area contributed by atoms with Crippen molar-refractivity contribution in [1.82, 2.24) is 0 Å². The molecule has 0 heterocycles. The molecule has 16 nitrogen and oxygen atoms in total. The second kappa shape index (κ2) is 34.2. The Bertz CT molecular complexity index is 1700. The van der Waals surface area contributed by atoms with Crippen LogP contribution in [0.25, 0.3) is 0 Å². The molecule has 0 saturated carbocycles. The van der Waals surface area contributed by atoms with Gasteiger partial charge in [-0.15, -0.1) is 55.7 Å². The van der Waals surface area contributed by atoms with Gasteiger partial charge in [0.05, 0.1) is 12.4 Å². The van der Waals surface area contributed by atoms with Gasteiger partial charge in [-0.1, -0.05) is 54.2 Å². The summed E-state index contributed by atoms with van der Waals surface area (Å²) in [6, 6.07) is 10.2. The zero-order chi connectivity index (χ0) is 44.3. The van der Waals surface area contributed by atoms with Crippen LogP contribution in [0.15, 0.2) is 48.5 Å². The Kier molecular flexibility index (Phi) is 33.0. The summed E-state index contributed by atoms with van der Waals surface area (Å²) in [7, 11) is 0. The van der Waals surface area contributed by atoms with E-state index in [4.69, 9.17) is 86.3 Å². The van der Waals surface area contributed by atoms with Crippen LogP contribution in [0.5, 0.6) is 0 Å². The molecule has 17 heteroatoms. The first-order valence-corrected chi connectivity index (χ1v) is 17.4. The number of carbonyl (C=O) groups is 5. The van der Waals surface area contributed by atoms with Crippen molar-refractivity contribution in [3.63, 3.8) is 0 Å². The van der Waals surface area contributed by atoms with Crippen molar-refractivity contribution >= 4 is 41.6 Å². The Labute approximate surface area is 336 Å². The molecule has 0 radical (unpaired) electrons. The van der Waals surface area contributed by atoms with Gasteiger partial charge >= 0.3 is 29.8 Å². The van der Waals surface area contributed by atoms with Gasteiger partial charge < -0.3 is 58.9 Å². The van der Waals surface area contributed by atoms with Gasteiger partial charge in [0.2, 0.25) is 0 Å². The fourth-order valence-corrected chi connectivity index (χ4v) is 3.81. The van der Waals surface area contributed by atoms with E-state index >= 15 is 0 Å². The van der Waals surface area contributed by atoms with Gasteiger partial charge in [0.15, 0.2) is 0 Å². The number of aliphatic carboxylic acids is 5. The minimum Gasteiger partial charge on any atom is -0.480 e. The van der Waals surface area contributed by atoms with Gasteiger partial charge in [-0.05, 0) is 41.7 Å². The van der Waals surface area contributed by atoms with Crippen molar-refractivity contribution in [2.24, 2.45) is 28.7 Å². The third-order valence-electron chi connectivity index (χ3n) is 6.25. The highest BCUT2D eigenvalue weighted by Gasteiger charge is 2.13. The molecule has 0 aliphatic rings. The second-order valence-electron chi connectivity index (χ2n) is 11.0. The van der Waals surface area contributed by atoms with Gasteiger partial charge in [0.25, 0.3) is 0 Å². The number of nitrogens with two attached hydrogens (primary N) is 5. The first kappa shape index (κ1) is 55.0. The lowest BCUT2D eigenvalue weighted by Crippen LogP contribution is -2.34. The van der Waals surface area contributed by atoms with Crippen LogP contribution in [-0.2, 0) is 48.0 Å². The summed E-state index contributed by atoms with van der Waals surface area (Å²) in [4.78, 5) is 51.0. The molecule has 57 heavy (non-hydrogen) atoms. The summed E-state index contributed by atoms with van der Waals surface area (Å²) in [5, 5.41) is 41.8. The average molecular weight is 808 g/mol. The molecule has 306 valence electrons. The molecule has 2 aromatic rings. The van der Waals surface area contributed by atoms with E-state index in [1.165, 1.54) is 11.8 Å². The highest BCUT2D eigenvalue weighted by molar-refractivity contribution is 7.99. The van der Waals surface area contributed by atoms with Crippen LogP contribution in [-0.4, -0.2) is 110 Å². The Balaban J connectivity index is -0.000000653. The molecule has 0 aliphatic carbocycles. The lowest BCUT2D eigenvalue weighted by Gasteiger charge is -2.06. The van der Waals surface area contributed by atoms with E-state index in [1.807, 2.05) is 24.3 Å². The van der Waals surface area contributed by atoms with Crippen LogP contribution >= 0.6 is 11.8 Å². The van der Waals surface area contributed by atoms with Crippen LogP contribution in [0.1, 0.15) is 28.7 Å². The Morgan fingerprint density at radius 2 is 0.982 bits per heavy atom. The molecule has 0 aromatic heterocycles. The summed E-state index contributed by atoms with van der Waals surface area (Å²) >= 11 is 1.35. The number of carboxylic acids is 5. The molecule has 5 unspecified atom stereocenters. The fourth-order valence-electron chi connectivity index (χ4n) is 3.18. The third-order valence-corrected chi connectivity index (χ3v) is 7.22. The zero-order valence-corrected chi connectivity index (χ0v) is 31.8. The first-order valence-electron chi connectivity index (χ1n) is 16.3. The van der Waals surface area contributed by atoms with Crippen molar-refractivity contribution in [1.29, 1.82) is 0 Å². The first-order chi connectivity index (χ1) is 26.8. The number of thioether (sulfide) groups is 1. The lowest BCUT2D eigenvalue weighted by molar-refractivity contribution is -0.140. The summed E-state index contributed by atoms with van der Waals surface area (Å²) in [5.41, 5.74) is 29.6. The predicted molar refractivity (Wildman–Crippen MR) is 218 cm³/mol. The summed E-state index contributed by atoms with van der Waals surface area (Å²) in [6.07, 6.45) is 26.2. The van der Waals surface area contributed by atoms with E-state index in [-0.39, 0.29) is 19.6 Å². The maximum Gasteiger partial charge on any atom is 0.322 e. The highest BCUT2D eigenvalue weighted by atomic mass is 32.2. The molecular weight excluding hydrogens is 759 g/mol. The van der Waals surface area contributed by atoms with E-state index in [0.29, 0.717) is 30.8 Å². The third kappa shape index (κ3) is 31.7. The minimum atomic E-state index is -1.09. The lowest BCUT2D eigenvalue weighted by atomic mass is 10.0. The van der Waals surface area contributed by atoms with E-state index in [9.17, 15) is 24.0 Å². The van der Waals surface area contributed by atoms with Gasteiger partial charge in [0.1, 0.15) is 36.8 Å². The van der Waals surface area contributed by atoms with Gasteiger partial charge in [-0.25, -0.2) is 0 Å². The Hall–Kier alpha value is -6.30. The molecule has 0 bridgehead atoms. The number of hydrogen-bond donors (Lipinski definition) is 10. The largest absolute Gasteiger partial charge is 0.480 e. The number of rotatable bonds is 17. The zero-order valence-electron chi connectivity index (χ0n) is 31.0. The molecule has 0 saturated heterocycles. The number of benzene rings is 2. The van der Waals surface area contributed by atoms with Crippen molar-refractivity contribution in [2.75, 3.05) is 24.7 Å². The molecule has 5 atom stereocenters. The van der Waals surface area contributed by atoms with E-state index in [0.717, 1.165) is 22.3 Å². The Morgan fingerprint density at radius 3 is 1.32 bits per heavy atom. The van der Waals surface area contributed by atoms with Gasteiger partial charge in [-0.2, -0.15) is 0 Å². The second-order valence-corrected chi connectivity index (χ2v) is 12.0. The van der Waals surface area contributed by atoms with Crippen LogP contribution in [0.4, 0.5) is 0 Å². The molecule has 0 spiro atoms. The monoisotopic (exact) mass is 807 g/mol. The van der Waals surface area contributed by atoms with Gasteiger partial charge in [-0.3, -0.25) is 24.0 Å². The molecule has 0 fully saturated rings. The molecule has 0 aliphatic heterocycles. The number of carboxylic acid groups (broad SMARTS) is 5. The normalized spacial score (nSPS) is 11.9. The standard InChI is InChI=1S/C12H13NO2.C11H11NO2.C6H9NO3.C6H9NO2S.C5H7NO2/c1-2-3-9-4-6-10(7-5-9)8-11(13)12(14)15;1-2-8-3-5-9(6-4-8)7-10(12)11(13)14;2*1-2-3-10-4-5(7)6(8)9;1-2-3-4(6)5(7)8/h1,4-7,11H,3,8,13H2,(H,14,15);1,3-6,10H,7,12H2,(H,13,14);2*1,5H,3-4,7H2,(H,8,9);1,4H,3,6H2,(H,7,8). The Morgan fingerprint density at radius 1 is 0.561 bits per heavy atom. The quantitative estimate of drug-likeness (QED) is 0.0723. The average Bonchev–Trinajstić information content (AvgIpc) is 3.17. The maximum absolute atomic E-state index is 10.5. The van der Waals surface area contributed by atoms with Crippen molar-refractivity contribution < 1.29 is 54.2 Å². The minimum absolute atomic E-state index is 0.0421. The van der Waals surface area contributed by atoms with Gasteiger partial charge in [0, 0.05) is 24.2 Å². The van der Waals surface area contributed by atoms with Crippen molar-refractivity contribution in [3.05, 3.63) is 70.8 Å². The van der Waals surface area contributed by atoms with Crippen LogP contribution in [0, 0.1) is 61.7 Å². The summed E-state index contributed by atoms with van der Waals surface area (Å²) in [6.45, 7) is 0.0561. The van der Waals surface area contributed by atoms with Crippen LogP contribution in [0.3, 0.4) is 0 Å². The molecular formula is C40H49N5O11S. The summed E-state index contributed by atoms with van der Waals surface area (Å²) in [5.74, 6) is 7.53. The molecule has 2 aromatic carbocycles. The number of hydrogen-bond acceptors (Lipinski definition) is 12. The SMILES string of the molecule is C#CCC(N)C(=O)O.C#CCOCC(N)C(=O)O.C#CCSCC(N)C(=O)O.C#CCc1ccc(CC(N)C(=O)O)cc1.C#Cc1ccc(CC(N)C(=O)O)cc1.